The Balaban J connectivity index is 1.99. The van der Waals surface area contributed by atoms with Gasteiger partial charge in [-0.25, -0.2) is 4.39 Å². The molecule has 0 fully saturated rings. The van der Waals surface area contributed by atoms with E-state index in [-0.39, 0.29) is 11.8 Å². The number of hydrogen-bond donors (Lipinski definition) is 2. The van der Waals surface area contributed by atoms with Crippen molar-refractivity contribution in [3.63, 3.8) is 0 Å². The summed E-state index contributed by atoms with van der Waals surface area (Å²) in [5.41, 5.74) is 2.01. The van der Waals surface area contributed by atoms with Crippen LogP contribution in [0, 0.1) is 12.7 Å². The Morgan fingerprint density at radius 2 is 1.95 bits per heavy atom. The molecule has 7 heteroatoms. The molecule has 0 bridgehead atoms. The highest BCUT2D eigenvalue weighted by Gasteiger charge is 2.06. The molecule has 0 saturated carbocycles. The molecule has 6 nitrogen and oxygen atoms in total. The van der Waals surface area contributed by atoms with Crippen LogP contribution in [-0.4, -0.2) is 35.7 Å². The normalized spacial score (nSPS) is 10.3. The van der Waals surface area contributed by atoms with Crippen LogP contribution in [-0.2, 0) is 6.42 Å². The summed E-state index contributed by atoms with van der Waals surface area (Å²) in [5.74, 6) is 0.651. The Labute approximate surface area is 122 Å². The number of ether oxygens (including phenoxy) is 1. The van der Waals surface area contributed by atoms with E-state index in [2.05, 4.69) is 25.6 Å². The zero-order valence-corrected chi connectivity index (χ0v) is 12.3. The molecular formula is C14H18FN5O. The molecule has 0 unspecified atom stereocenters. The molecule has 2 N–H and O–H groups in total. The zero-order valence-electron chi connectivity index (χ0n) is 12.3. The number of halogens is 1. The van der Waals surface area contributed by atoms with Crippen LogP contribution in [0.25, 0.3) is 0 Å². The van der Waals surface area contributed by atoms with E-state index in [1.807, 2.05) is 6.92 Å². The van der Waals surface area contributed by atoms with Crippen molar-refractivity contribution in [3.05, 3.63) is 35.1 Å². The summed E-state index contributed by atoms with van der Waals surface area (Å²) in [6, 6.07) is 5.03. The third-order valence-corrected chi connectivity index (χ3v) is 3.00. The second-order valence-corrected chi connectivity index (χ2v) is 4.47. The number of aryl methyl sites for hydroxylation is 1. The van der Waals surface area contributed by atoms with Crippen molar-refractivity contribution in [2.24, 2.45) is 0 Å². The minimum Gasteiger partial charge on any atom is -0.467 e. The van der Waals surface area contributed by atoms with Crippen molar-refractivity contribution < 1.29 is 9.13 Å². The Morgan fingerprint density at radius 1 is 1.19 bits per heavy atom. The Morgan fingerprint density at radius 3 is 2.62 bits per heavy atom. The average Bonchev–Trinajstić information content (AvgIpc) is 2.49. The van der Waals surface area contributed by atoms with Gasteiger partial charge in [0.05, 0.1) is 7.11 Å². The summed E-state index contributed by atoms with van der Waals surface area (Å²) in [6.07, 6.45) is 0.745. The van der Waals surface area contributed by atoms with E-state index in [9.17, 15) is 4.39 Å². The van der Waals surface area contributed by atoms with Crippen LogP contribution in [0.5, 0.6) is 6.01 Å². The molecule has 0 atom stereocenters. The molecule has 2 rings (SSSR count). The van der Waals surface area contributed by atoms with Crippen LogP contribution in [0.15, 0.2) is 18.2 Å². The number of aromatic nitrogens is 3. The van der Waals surface area contributed by atoms with Gasteiger partial charge in [-0.1, -0.05) is 6.07 Å². The van der Waals surface area contributed by atoms with Gasteiger partial charge >= 0.3 is 6.01 Å². The standard InChI is InChI=1S/C14H18FN5O/c1-9-8-11(15)5-4-10(9)6-7-17-13-18-12(16-2)19-14(20-13)21-3/h4-5,8H,6-7H2,1-3H3,(H2,16,17,18,19,20). The van der Waals surface area contributed by atoms with Crippen molar-refractivity contribution in [2.45, 2.75) is 13.3 Å². The fourth-order valence-corrected chi connectivity index (χ4v) is 1.89. The van der Waals surface area contributed by atoms with Gasteiger partial charge in [0.1, 0.15) is 5.82 Å². The summed E-state index contributed by atoms with van der Waals surface area (Å²) in [5, 5.41) is 5.95. The highest BCUT2D eigenvalue weighted by molar-refractivity contribution is 5.36. The molecule has 1 heterocycles. The lowest BCUT2D eigenvalue weighted by molar-refractivity contribution is 0.379. The van der Waals surface area contributed by atoms with Crippen LogP contribution >= 0.6 is 0 Å². The summed E-state index contributed by atoms with van der Waals surface area (Å²) in [6.45, 7) is 2.52. The first-order valence-electron chi connectivity index (χ1n) is 6.59. The summed E-state index contributed by atoms with van der Waals surface area (Å²) < 4.78 is 18.0. The smallest absolute Gasteiger partial charge is 0.322 e. The van der Waals surface area contributed by atoms with E-state index >= 15 is 0 Å². The van der Waals surface area contributed by atoms with Gasteiger partial charge in [-0.2, -0.15) is 15.0 Å². The van der Waals surface area contributed by atoms with Gasteiger partial charge in [-0.05, 0) is 36.6 Å². The van der Waals surface area contributed by atoms with Gasteiger partial charge in [0.15, 0.2) is 0 Å². The molecule has 0 aliphatic heterocycles. The van der Waals surface area contributed by atoms with Gasteiger partial charge in [-0.3, -0.25) is 0 Å². The average molecular weight is 291 g/mol. The maximum Gasteiger partial charge on any atom is 0.322 e. The molecule has 0 aliphatic carbocycles. The Hall–Kier alpha value is -2.44. The maximum atomic E-state index is 13.0. The van der Waals surface area contributed by atoms with E-state index in [0.29, 0.717) is 18.4 Å². The van der Waals surface area contributed by atoms with E-state index < -0.39 is 0 Å². The molecule has 0 saturated heterocycles. The number of nitrogens with zero attached hydrogens (tertiary/aromatic N) is 3. The highest BCUT2D eigenvalue weighted by Crippen LogP contribution is 2.12. The third-order valence-electron chi connectivity index (χ3n) is 3.00. The maximum absolute atomic E-state index is 13.0. The fraction of sp³-hybridized carbons (Fsp3) is 0.357. The first-order chi connectivity index (χ1) is 10.1. The van der Waals surface area contributed by atoms with Crippen LogP contribution < -0.4 is 15.4 Å². The van der Waals surface area contributed by atoms with Crippen molar-refractivity contribution in [3.8, 4) is 6.01 Å². The van der Waals surface area contributed by atoms with Crippen LogP contribution in [0.3, 0.4) is 0 Å². The van der Waals surface area contributed by atoms with Crippen LogP contribution in [0.1, 0.15) is 11.1 Å². The van der Waals surface area contributed by atoms with Crippen molar-refractivity contribution in [1.82, 2.24) is 15.0 Å². The number of nitrogens with one attached hydrogen (secondary N) is 2. The third kappa shape index (κ3) is 4.01. The quantitative estimate of drug-likeness (QED) is 0.848. The summed E-state index contributed by atoms with van der Waals surface area (Å²) in [4.78, 5) is 12.3. The monoisotopic (exact) mass is 291 g/mol. The van der Waals surface area contributed by atoms with Crippen molar-refractivity contribution >= 4 is 11.9 Å². The Kier molecular flexibility index (Phi) is 4.86. The number of anilines is 2. The first-order valence-corrected chi connectivity index (χ1v) is 6.59. The SMILES string of the molecule is CNc1nc(NCCc2ccc(F)cc2C)nc(OC)n1. The second kappa shape index (κ2) is 6.83. The van der Waals surface area contributed by atoms with Crippen molar-refractivity contribution in [1.29, 1.82) is 0 Å². The number of benzene rings is 1. The number of methoxy groups -OCH3 is 1. The Bertz CT molecular complexity index is 598. The zero-order chi connectivity index (χ0) is 15.2. The minimum absolute atomic E-state index is 0.218. The van der Waals surface area contributed by atoms with Gasteiger partial charge < -0.3 is 15.4 Å². The lowest BCUT2D eigenvalue weighted by Crippen LogP contribution is -2.11. The molecule has 0 spiro atoms. The molecule has 1 aromatic heterocycles. The predicted octanol–water partition coefficient (Wildman–Crippen LogP) is 2.02. The van der Waals surface area contributed by atoms with Gasteiger partial charge in [0, 0.05) is 13.6 Å². The first kappa shape index (κ1) is 15.0. The van der Waals surface area contributed by atoms with Crippen LogP contribution in [0.4, 0.5) is 16.3 Å². The minimum atomic E-state index is -0.218. The predicted molar refractivity (Wildman–Crippen MR) is 79.3 cm³/mol. The summed E-state index contributed by atoms with van der Waals surface area (Å²) in [7, 11) is 3.22. The van der Waals surface area contributed by atoms with E-state index in [4.69, 9.17) is 4.74 Å². The molecule has 0 amide bonds. The molecule has 21 heavy (non-hydrogen) atoms. The summed E-state index contributed by atoms with van der Waals surface area (Å²) >= 11 is 0. The lowest BCUT2D eigenvalue weighted by atomic mass is 10.1. The van der Waals surface area contributed by atoms with Crippen molar-refractivity contribution in [2.75, 3.05) is 31.3 Å². The largest absolute Gasteiger partial charge is 0.467 e. The van der Waals surface area contributed by atoms with Gasteiger partial charge in [-0.15, -0.1) is 0 Å². The molecule has 1 aromatic carbocycles. The van der Waals surface area contributed by atoms with Gasteiger partial charge in [0.2, 0.25) is 11.9 Å². The van der Waals surface area contributed by atoms with E-state index in [0.717, 1.165) is 17.5 Å². The molecule has 2 aromatic rings. The number of rotatable bonds is 6. The van der Waals surface area contributed by atoms with Gasteiger partial charge in [0.25, 0.3) is 0 Å². The number of hydrogen-bond acceptors (Lipinski definition) is 6. The molecule has 112 valence electrons. The highest BCUT2D eigenvalue weighted by atomic mass is 19.1. The van der Waals surface area contributed by atoms with E-state index in [1.165, 1.54) is 19.2 Å². The molecule has 0 radical (unpaired) electrons. The van der Waals surface area contributed by atoms with E-state index in [1.54, 1.807) is 13.1 Å². The second-order valence-electron chi connectivity index (χ2n) is 4.47. The lowest BCUT2D eigenvalue weighted by Gasteiger charge is -2.09. The topological polar surface area (TPSA) is 72.0 Å². The van der Waals surface area contributed by atoms with Crippen LogP contribution in [0.2, 0.25) is 0 Å². The molecule has 0 aliphatic rings. The molecular weight excluding hydrogens is 273 g/mol. The fourth-order valence-electron chi connectivity index (χ4n) is 1.89.